The summed E-state index contributed by atoms with van der Waals surface area (Å²) in [6.07, 6.45) is 1.48. The molecule has 0 aliphatic rings. The van der Waals surface area contributed by atoms with Gasteiger partial charge in [0.1, 0.15) is 0 Å². The molecule has 8 heteroatoms. The lowest BCUT2D eigenvalue weighted by Crippen LogP contribution is -2.13. The lowest BCUT2D eigenvalue weighted by atomic mass is 10.7. The minimum absolute atomic E-state index is 0.186. The predicted molar refractivity (Wildman–Crippen MR) is 44.9 cm³/mol. The molecule has 1 rings (SSSR count). The standard InChI is InChI=1S/C5H6NO5PS/c7-4(3-10-12(8)9)11-5-6-1-2-13-5/h1-2,12H,3H2,(H,8,9). The highest BCUT2D eigenvalue weighted by Crippen LogP contribution is 2.16. The molecule has 1 atom stereocenters. The number of thiazole rings is 1. The smallest absolute Gasteiger partial charge is 0.339 e. The number of rotatable bonds is 4. The largest absolute Gasteiger partial charge is 0.396 e. The van der Waals surface area contributed by atoms with Crippen LogP contribution in [0.5, 0.6) is 5.19 Å². The van der Waals surface area contributed by atoms with E-state index < -0.39 is 20.8 Å². The first-order valence-electron chi connectivity index (χ1n) is 3.14. The molecule has 0 radical (unpaired) electrons. The zero-order valence-corrected chi connectivity index (χ0v) is 8.11. The van der Waals surface area contributed by atoms with Crippen LogP contribution in [-0.4, -0.2) is 22.5 Å². The van der Waals surface area contributed by atoms with Crippen LogP contribution in [0.15, 0.2) is 11.6 Å². The van der Waals surface area contributed by atoms with Crippen molar-refractivity contribution in [3.8, 4) is 5.19 Å². The third-order valence-electron chi connectivity index (χ3n) is 0.924. The van der Waals surface area contributed by atoms with Gasteiger partial charge in [-0.15, -0.1) is 0 Å². The maximum Gasteiger partial charge on any atom is 0.339 e. The Morgan fingerprint density at radius 3 is 3.08 bits per heavy atom. The highest BCUT2D eigenvalue weighted by molar-refractivity contribution is 7.32. The summed E-state index contributed by atoms with van der Waals surface area (Å²) in [6.45, 7) is -0.548. The second-order valence-corrected chi connectivity index (χ2v) is 3.50. The van der Waals surface area contributed by atoms with Crippen molar-refractivity contribution in [3.05, 3.63) is 11.6 Å². The molecule has 1 N–H and O–H groups in total. The molecular formula is C5H6NO5PS. The minimum atomic E-state index is -3.08. The number of carbonyl (C=O) groups excluding carboxylic acids is 1. The molecule has 13 heavy (non-hydrogen) atoms. The van der Waals surface area contributed by atoms with Crippen LogP contribution in [0.1, 0.15) is 0 Å². The Labute approximate surface area is 78.1 Å². The normalized spacial score (nSPS) is 12.4. The van der Waals surface area contributed by atoms with E-state index >= 15 is 0 Å². The summed E-state index contributed by atoms with van der Waals surface area (Å²) in [5.41, 5.74) is 0. The Hall–Kier alpha value is -0.750. The van der Waals surface area contributed by atoms with Crippen LogP contribution in [0, 0.1) is 0 Å². The van der Waals surface area contributed by atoms with E-state index in [1.165, 1.54) is 6.20 Å². The summed E-state index contributed by atoms with van der Waals surface area (Å²) in [7, 11) is -3.08. The summed E-state index contributed by atoms with van der Waals surface area (Å²) >= 11 is 1.14. The van der Waals surface area contributed by atoms with Crippen molar-refractivity contribution in [1.82, 2.24) is 4.98 Å². The lowest BCUT2D eigenvalue weighted by molar-refractivity contribution is -0.136. The summed E-state index contributed by atoms with van der Waals surface area (Å²) in [6, 6.07) is 0. The fourth-order valence-corrected chi connectivity index (χ4v) is 1.25. The van der Waals surface area contributed by atoms with Gasteiger partial charge in [0.05, 0.1) is 0 Å². The first-order valence-corrected chi connectivity index (χ1v) is 5.28. The van der Waals surface area contributed by atoms with E-state index in [4.69, 9.17) is 4.89 Å². The zero-order chi connectivity index (χ0) is 9.68. The van der Waals surface area contributed by atoms with Crippen molar-refractivity contribution < 1.29 is 23.5 Å². The first kappa shape index (κ1) is 10.3. The second-order valence-electron chi connectivity index (χ2n) is 1.83. The number of hydrogen-bond donors (Lipinski definition) is 1. The third-order valence-corrected chi connectivity index (χ3v) is 1.96. The van der Waals surface area contributed by atoms with E-state index in [0.717, 1.165) is 11.3 Å². The molecule has 72 valence electrons. The van der Waals surface area contributed by atoms with Crippen molar-refractivity contribution in [2.45, 2.75) is 0 Å². The van der Waals surface area contributed by atoms with Crippen molar-refractivity contribution in [2.75, 3.05) is 6.61 Å². The van der Waals surface area contributed by atoms with Crippen LogP contribution in [0.4, 0.5) is 0 Å². The molecule has 0 spiro atoms. The molecule has 0 aliphatic carbocycles. The second kappa shape index (κ2) is 5.08. The summed E-state index contributed by atoms with van der Waals surface area (Å²) < 4.78 is 18.8. The summed E-state index contributed by atoms with van der Waals surface area (Å²) in [5, 5.41) is 1.82. The van der Waals surface area contributed by atoms with Crippen LogP contribution in [0.25, 0.3) is 0 Å². The molecule has 0 fully saturated rings. The highest BCUT2D eigenvalue weighted by atomic mass is 32.1. The fraction of sp³-hybridized carbons (Fsp3) is 0.200. The topological polar surface area (TPSA) is 85.7 Å². The maximum absolute atomic E-state index is 10.8. The molecule has 1 unspecified atom stereocenters. The number of aromatic nitrogens is 1. The molecule has 1 aromatic rings. The SMILES string of the molecule is O=C(CO[PH](=O)O)Oc1nccs1. The van der Waals surface area contributed by atoms with Gasteiger partial charge in [0, 0.05) is 11.6 Å². The molecule has 0 aromatic carbocycles. The molecule has 0 amide bonds. The van der Waals surface area contributed by atoms with E-state index in [9.17, 15) is 9.36 Å². The van der Waals surface area contributed by atoms with Gasteiger partial charge in [0.25, 0.3) is 5.19 Å². The van der Waals surface area contributed by atoms with Crippen molar-refractivity contribution >= 4 is 25.6 Å². The van der Waals surface area contributed by atoms with Gasteiger partial charge in [-0.05, 0) is 0 Å². The Morgan fingerprint density at radius 1 is 1.77 bits per heavy atom. The van der Waals surface area contributed by atoms with Gasteiger partial charge in [-0.1, -0.05) is 11.3 Å². The van der Waals surface area contributed by atoms with Crippen molar-refractivity contribution in [2.24, 2.45) is 0 Å². The van der Waals surface area contributed by atoms with Crippen LogP contribution in [0.2, 0.25) is 0 Å². The fourth-order valence-electron chi connectivity index (χ4n) is 0.508. The Kier molecular flexibility index (Phi) is 4.04. The van der Waals surface area contributed by atoms with Gasteiger partial charge >= 0.3 is 14.2 Å². The van der Waals surface area contributed by atoms with E-state index in [0.29, 0.717) is 0 Å². The molecule has 1 aromatic heterocycles. The Bertz CT molecular complexity index is 300. The van der Waals surface area contributed by atoms with E-state index in [-0.39, 0.29) is 5.19 Å². The van der Waals surface area contributed by atoms with Crippen LogP contribution in [-0.2, 0) is 13.9 Å². The highest BCUT2D eigenvalue weighted by Gasteiger charge is 2.07. The number of nitrogens with zero attached hydrogens (tertiary/aromatic N) is 1. The average molecular weight is 223 g/mol. The Morgan fingerprint density at radius 2 is 2.54 bits per heavy atom. The van der Waals surface area contributed by atoms with Gasteiger partial charge < -0.3 is 9.63 Å². The quantitative estimate of drug-likeness (QED) is 0.589. The zero-order valence-electron chi connectivity index (χ0n) is 6.30. The summed E-state index contributed by atoms with van der Waals surface area (Å²) in [5.74, 6) is -0.748. The van der Waals surface area contributed by atoms with Crippen molar-refractivity contribution in [1.29, 1.82) is 0 Å². The van der Waals surface area contributed by atoms with Gasteiger partial charge in [0.2, 0.25) is 0 Å². The number of carbonyl (C=O) groups is 1. The lowest BCUT2D eigenvalue weighted by Gasteiger charge is -1.98. The Balaban J connectivity index is 2.30. The summed E-state index contributed by atoms with van der Waals surface area (Å²) in [4.78, 5) is 22.7. The maximum atomic E-state index is 10.8. The molecule has 1 heterocycles. The van der Waals surface area contributed by atoms with Gasteiger partial charge in [-0.3, -0.25) is 9.09 Å². The van der Waals surface area contributed by atoms with Gasteiger partial charge in [0.15, 0.2) is 6.61 Å². The molecular weight excluding hydrogens is 217 g/mol. The van der Waals surface area contributed by atoms with Gasteiger partial charge in [-0.2, -0.15) is 0 Å². The van der Waals surface area contributed by atoms with Crippen molar-refractivity contribution in [3.63, 3.8) is 0 Å². The minimum Gasteiger partial charge on any atom is -0.396 e. The predicted octanol–water partition coefficient (Wildman–Crippen LogP) is 0.447. The number of hydrogen-bond acceptors (Lipinski definition) is 6. The first-order chi connectivity index (χ1) is 6.18. The average Bonchev–Trinajstić information content (AvgIpc) is 2.53. The molecule has 0 aliphatic heterocycles. The van der Waals surface area contributed by atoms with Crippen LogP contribution < -0.4 is 4.74 Å². The number of esters is 1. The number of ether oxygens (including phenoxy) is 1. The van der Waals surface area contributed by atoms with Crippen LogP contribution in [0.3, 0.4) is 0 Å². The van der Waals surface area contributed by atoms with E-state index in [1.807, 2.05) is 0 Å². The van der Waals surface area contributed by atoms with Crippen LogP contribution >= 0.6 is 19.6 Å². The third kappa shape index (κ3) is 4.14. The molecule has 6 nitrogen and oxygen atoms in total. The molecule has 0 saturated heterocycles. The monoisotopic (exact) mass is 223 g/mol. The molecule has 0 bridgehead atoms. The molecule has 0 saturated carbocycles. The van der Waals surface area contributed by atoms with Gasteiger partial charge in [-0.25, -0.2) is 9.78 Å². The van der Waals surface area contributed by atoms with E-state index in [1.54, 1.807) is 5.38 Å². The van der Waals surface area contributed by atoms with E-state index in [2.05, 4.69) is 14.2 Å².